The van der Waals surface area contributed by atoms with Gasteiger partial charge in [0.25, 0.3) is 0 Å². The van der Waals surface area contributed by atoms with Crippen LogP contribution >= 0.6 is 11.3 Å². The number of benzene rings is 2. The maximum absolute atomic E-state index is 5.32. The third-order valence-electron chi connectivity index (χ3n) is 3.29. The van der Waals surface area contributed by atoms with E-state index in [1.54, 1.807) is 24.7 Å². The predicted molar refractivity (Wildman–Crippen MR) is 92.5 cm³/mol. The molecule has 2 aromatic carbocycles. The van der Waals surface area contributed by atoms with E-state index in [9.17, 15) is 0 Å². The molecule has 4 heteroatoms. The monoisotopic (exact) mass is 308 g/mol. The van der Waals surface area contributed by atoms with Gasteiger partial charge in [0.1, 0.15) is 5.75 Å². The standard InChI is InChI=1S/C18H16N2OS/c1-13-17(14-8-4-3-5-9-14)20-18(22-13)19-12-15-10-6-7-11-16(15)21-2/h3-12H,1-2H3/b19-12+. The summed E-state index contributed by atoms with van der Waals surface area (Å²) in [5, 5.41) is 0.752. The molecule has 0 aliphatic carbocycles. The Kier molecular flexibility index (Phi) is 4.30. The number of rotatable bonds is 4. The third-order valence-corrected chi connectivity index (χ3v) is 4.16. The zero-order valence-electron chi connectivity index (χ0n) is 12.5. The summed E-state index contributed by atoms with van der Waals surface area (Å²) in [6.45, 7) is 2.07. The lowest BCUT2D eigenvalue weighted by Crippen LogP contribution is -1.89. The molecule has 0 N–H and O–H groups in total. The van der Waals surface area contributed by atoms with Crippen molar-refractivity contribution in [3.63, 3.8) is 0 Å². The molecule has 0 aliphatic rings. The molecule has 0 amide bonds. The molecule has 0 spiro atoms. The van der Waals surface area contributed by atoms with E-state index in [1.165, 1.54) is 4.88 Å². The van der Waals surface area contributed by atoms with Gasteiger partial charge in [-0.1, -0.05) is 53.8 Å². The fourth-order valence-electron chi connectivity index (χ4n) is 2.20. The summed E-state index contributed by atoms with van der Waals surface area (Å²) in [6.07, 6.45) is 1.80. The highest BCUT2D eigenvalue weighted by Crippen LogP contribution is 2.31. The Balaban J connectivity index is 1.89. The molecule has 0 aliphatic heterocycles. The number of aliphatic imine (C=N–C) groups is 1. The largest absolute Gasteiger partial charge is 0.496 e. The Labute approximate surface area is 134 Å². The first-order valence-electron chi connectivity index (χ1n) is 6.98. The minimum atomic E-state index is 0.752. The van der Waals surface area contributed by atoms with Crippen molar-refractivity contribution in [2.24, 2.45) is 4.99 Å². The average molecular weight is 308 g/mol. The van der Waals surface area contributed by atoms with Crippen LogP contribution in [0.5, 0.6) is 5.75 Å². The van der Waals surface area contributed by atoms with E-state index in [-0.39, 0.29) is 0 Å². The van der Waals surface area contributed by atoms with Crippen LogP contribution in [0.4, 0.5) is 5.13 Å². The molecule has 0 bridgehead atoms. The second kappa shape index (κ2) is 6.54. The maximum Gasteiger partial charge on any atom is 0.209 e. The predicted octanol–water partition coefficient (Wildman–Crippen LogP) is 4.88. The quantitative estimate of drug-likeness (QED) is 0.644. The van der Waals surface area contributed by atoms with Crippen molar-refractivity contribution < 1.29 is 4.74 Å². The summed E-state index contributed by atoms with van der Waals surface area (Å²) in [5.41, 5.74) is 3.06. The minimum Gasteiger partial charge on any atom is -0.496 e. The number of nitrogens with zero attached hydrogens (tertiary/aromatic N) is 2. The first kappa shape index (κ1) is 14.5. The number of ether oxygens (including phenoxy) is 1. The maximum atomic E-state index is 5.32. The molecule has 0 atom stereocenters. The van der Waals surface area contributed by atoms with Crippen LogP contribution in [0, 0.1) is 6.92 Å². The van der Waals surface area contributed by atoms with Crippen molar-refractivity contribution in [2.45, 2.75) is 6.92 Å². The summed E-state index contributed by atoms with van der Waals surface area (Å²) in [4.78, 5) is 10.3. The number of aryl methyl sites for hydroxylation is 1. The minimum absolute atomic E-state index is 0.752. The van der Waals surface area contributed by atoms with Gasteiger partial charge in [-0.25, -0.2) is 9.98 Å². The smallest absolute Gasteiger partial charge is 0.209 e. The molecule has 22 heavy (non-hydrogen) atoms. The van der Waals surface area contributed by atoms with Crippen molar-refractivity contribution in [2.75, 3.05) is 7.11 Å². The number of methoxy groups -OCH3 is 1. The number of hydrogen-bond acceptors (Lipinski definition) is 4. The van der Waals surface area contributed by atoms with Crippen LogP contribution in [0.25, 0.3) is 11.3 Å². The number of thiazole rings is 1. The summed E-state index contributed by atoms with van der Waals surface area (Å²) in [6, 6.07) is 18.0. The highest BCUT2D eigenvalue weighted by molar-refractivity contribution is 7.15. The van der Waals surface area contributed by atoms with Crippen molar-refractivity contribution in [3.05, 3.63) is 65.0 Å². The molecule has 0 radical (unpaired) electrons. The van der Waals surface area contributed by atoms with Crippen molar-refractivity contribution >= 4 is 22.7 Å². The Morgan fingerprint density at radius 3 is 2.55 bits per heavy atom. The van der Waals surface area contributed by atoms with Gasteiger partial charge in [0.15, 0.2) is 0 Å². The van der Waals surface area contributed by atoms with Gasteiger partial charge in [0.2, 0.25) is 5.13 Å². The Morgan fingerprint density at radius 1 is 1.05 bits per heavy atom. The molecule has 1 aromatic heterocycles. The second-order valence-corrected chi connectivity index (χ2v) is 5.95. The molecule has 110 valence electrons. The van der Waals surface area contributed by atoms with Crippen LogP contribution in [-0.2, 0) is 0 Å². The summed E-state index contributed by atoms with van der Waals surface area (Å²) >= 11 is 1.59. The lowest BCUT2D eigenvalue weighted by molar-refractivity contribution is 0.414. The summed E-state index contributed by atoms with van der Waals surface area (Å²) in [5.74, 6) is 0.808. The SMILES string of the molecule is COc1ccccc1/C=N/c1nc(-c2ccccc2)c(C)s1. The van der Waals surface area contributed by atoms with Crippen LogP contribution in [0.3, 0.4) is 0 Å². The summed E-state index contributed by atoms with van der Waals surface area (Å²) < 4.78 is 5.32. The zero-order valence-corrected chi connectivity index (χ0v) is 13.3. The molecule has 0 saturated carbocycles. The molecule has 0 fully saturated rings. The topological polar surface area (TPSA) is 34.5 Å². The van der Waals surface area contributed by atoms with E-state index < -0.39 is 0 Å². The van der Waals surface area contributed by atoms with Crippen LogP contribution in [0.2, 0.25) is 0 Å². The lowest BCUT2D eigenvalue weighted by atomic mass is 10.1. The molecule has 3 nitrogen and oxygen atoms in total. The number of aromatic nitrogens is 1. The molecule has 3 rings (SSSR count). The van der Waals surface area contributed by atoms with Gasteiger partial charge in [-0.05, 0) is 19.1 Å². The van der Waals surface area contributed by atoms with E-state index in [0.29, 0.717) is 0 Å². The van der Waals surface area contributed by atoms with Gasteiger partial charge < -0.3 is 4.74 Å². The fourth-order valence-corrected chi connectivity index (χ4v) is 2.98. The van der Waals surface area contributed by atoms with E-state index in [1.807, 2.05) is 42.5 Å². The van der Waals surface area contributed by atoms with Gasteiger partial charge in [0, 0.05) is 22.2 Å². The van der Waals surface area contributed by atoms with E-state index in [0.717, 1.165) is 27.7 Å². The van der Waals surface area contributed by atoms with Crippen molar-refractivity contribution in [1.29, 1.82) is 0 Å². The normalized spacial score (nSPS) is 11.0. The number of para-hydroxylation sites is 1. The summed E-state index contributed by atoms with van der Waals surface area (Å²) in [7, 11) is 1.66. The second-order valence-electron chi connectivity index (χ2n) is 4.77. The van der Waals surface area contributed by atoms with Crippen LogP contribution in [-0.4, -0.2) is 18.3 Å². The van der Waals surface area contributed by atoms with E-state index in [2.05, 4.69) is 29.0 Å². The van der Waals surface area contributed by atoms with Crippen molar-refractivity contribution in [1.82, 2.24) is 4.98 Å². The molecular weight excluding hydrogens is 292 g/mol. The fraction of sp³-hybridized carbons (Fsp3) is 0.111. The molecule has 3 aromatic rings. The lowest BCUT2D eigenvalue weighted by Gasteiger charge is -2.02. The van der Waals surface area contributed by atoms with Gasteiger partial charge in [-0.2, -0.15) is 0 Å². The average Bonchev–Trinajstić information content (AvgIpc) is 2.95. The molecular formula is C18H16N2OS. The van der Waals surface area contributed by atoms with E-state index in [4.69, 9.17) is 4.74 Å². The Hall–Kier alpha value is -2.46. The third kappa shape index (κ3) is 3.07. The molecule has 0 unspecified atom stereocenters. The highest BCUT2D eigenvalue weighted by Gasteiger charge is 2.08. The van der Waals surface area contributed by atoms with Crippen LogP contribution in [0.1, 0.15) is 10.4 Å². The Morgan fingerprint density at radius 2 is 1.77 bits per heavy atom. The zero-order chi connectivity index (χ0) is 15.4. The van der Waals surface area contributed by atoms with Crippen molar-refractivity contribution in [3.8, 4) is 17.0 Å². The number of hydrogen-bond donors (Lipinski definition) is 0. The van der Waals surface area contributed by atoms with Gasteiger partial charge in [0.05, 0.1) is 12.8 Å². The van der Waals surface area contributed by atoms with Gasteiger partial charge >= 0.3 is 0 Å². The van der Waals surface area contributed by atoms with Gasteiger partial charge in [-0.15, -0.1) is 0 Å². The highest BCUT2D eigenvalue weighted by atomic mass is 32.1. The Bertz CT molecular complexity index is 794. The van der Waals surface area contributed by atoms with Crippen LogP contribution in [0.15, 0.2) is 59.6 Å². The van der Waals surface area contributed by atoms with E-state index >= 15 is 0 Å². The molecule has 0 saturated heterocycles. The van der Waals surface area contributed by atoms with Gasteiger partial charge in [-0.3, -0.25) is 0 Å². The first-order valence-corrected chi connectivity index (χ1v) is 7.79. The van der Waals surface area contributed by atoms with Crippen LogP contribution < -0.4 is 4.74 Å². The molecule has 1 heterocycles. The first-order chi connectivity index (χ1) is 10.8.